The average molecular weight is 249 g/mol. The molecule has 1 unspecified atom stereocenters. The second kappa shape index (κ2) is 5.02. The Morgan fingerprint density at radius 3 is 3.06 bits per heavy atom. The van der Waals surface area contributed by atoms with Crippen molar-refractivity contribution in [3.05, 3.63) is 18.0 Å². The van der Waals surface area contributed by atoms with E-state index >= 15 is 0 Å². The van der Waals surface area contributed by atoms with E-state index < -0.39 is 0 Å². The molecule has 1 atom stereocenters. The van der Waals surface area contributed by atoms with Crippen LogP contribution in [-0.2, 0) is 17.7 Å². The molecule has 2 fully saturated rings. The standard InChI is InChI=1S/C14H23N3O/c1-2-17-9-12(8-16-17)7-14(5-6-18-11-14)10-15-13-3-4-13/h8-9,13,15H,2-7,10-11H2,1H3. The van der Waals surface area contributed by atoms with E-state index in [0.717, 1.165) is 38.8 Å². The number of hydrogen-bond donors (Lipinski definition) is 1. The zero-order valence-corrected chi connectivity index (χ0v) is 11.2. The fourth-order valence-corrected chi connectivity index (χ4v) is 2.74. The molecule has 1 aliphatic heterocycles. The van der Waals surface area contributed by atoms with Gasteiger partial charge in [-0.1, -0.05) is 0 Å². The van der Waals surface area contributed by atoms with Crippen molar-refractivity contribution < 1.29 is 4.74 Å². The van der Waals surface area contributed by atoms with Crippen molar-refractivity contribution in [2.45, 2.75) is 45.2 Å². The fraction of sp³-hybridized carbons (Fsp3) is 0.786. The molecule has 0 amide bonds. The fourth-order valence-electron chi connectivity index (χ4n) is 2.74. The molecule has 0 aromatic carbocycles. The summed E-state index contributed by atoms with van der Waals surface area (Å²) < 4.78 is 7.66. The first kappa shape index (κ1) is 12.2. The lowest BCUT2D eigenvalue weighted by atomic mass is 9.81. The van der Waals surface area contributed by atoms with Crippen LogP contribution in [0.2, 0.25) is 0 Å². The highest BCUT2D eigenvalue weighted by Crippen LogP contribution is 2.33. The van der Waals surface area contributed by atoms with Crippen molar-refractivity contribution in [3.63, 3.8) is 0 Å². The Labute approximate surface area is 109 Å². The number of nitrogens with zero attached hydrogens (tertiary/aromatic N) is 2. The number of rotatable bonds is 6. The highest BCUT2D eigenvalue weighted by Gasteiger charge is 2.36. The van der Waals surface area contributed by atoms with Crippen LogP contribution in [0.25, 0.3) is 0 Å². The number of nitrogens with one attached hydrogen (secondary N) is 1. The Balaban J connectivity index is 1.64. The third kappa shape index (κ3) is 2.75. The van der Waals surface area contributed by atoms with E-state index in [0.29, 0.717) is 5.41 Å². The summed E-state index contributed by atoms with van der Waals surface area (Å²) in [6.07, 6.45) is 9.16. The number of aryl methyl sites for hydroxylation is 1. The van der Waals surface area contributed by atoms with Crippen LogP contribution in [0.3, 0.4) is 0 Å². The molecular weight excluding hydrogens is 226 g/mol. The topological polar surface area (TPSA) is 39.1 Å². The Morgan fingerprint density at radius 1 is 1.56 bits per heavy atom. The van der Waals surface area contributed by atoms with Crippen LogP contribution in [0.4, 0.5) is 0 Å². The Hall–Kier alpha value is -0.870. The van der Waals surface area contributed by atoms with E-state index in [2.05, 4.69) is 23.5 Å². The second-order valence-electron chi connectivity index (χ2n) is 5.84. The first-order chi connectivity index (χ1) is 8.80. The van der Waals surface area contributed by atoms with Gasteiger partial charge in [-0.05, 0) is 38.2 Å². The minimum atomic E-state index is 0.296. The summed E-state index contributed by atoms with van der Waals surface area (Å²) in [5, 5.41) is 8.04. The lowest BCUT2D eigenvalue weighted by Gasteiger charge is -2.27. The number of aromatic nitrogens is 2. The van der Waals surface area contributed by atoms with Crippen molar-refractivity contribution in [2.75, 3.05) is 19.8 Å². The molecule has 0 bridgehead atoms. The molecule has 1 aromatic heterocycles. The van der Waals surface area contributed by atoms with Crippen molar-refractivity contribution >= 4 is 0 Å². The maximum absolute atomic E-state index is 5.65. The van der Waals surface area contributed by atoms with Gasteiger partial charge in [-0.3, -0.25) is 4.68 Å². The summed E-state index contributed by atoms with van der Waals surface area (Å²) in [5.74, 6) is 0. The molecule has 2 heterocycles. The van der Waals surface area contributed by atoms with Gasteiger partial charge in [0.1, 0.15) is 0 Å². The van der Waals surface area contributed by atoms with Gasteiger partial charge in [-0.15, -0.1) is 0 Å². The average Bonchev–Trinajstić information content (AvgIpc) is 2.93. The largest absolute Gasteiger partial charge is 0.381 e. The lowest BCUT2D eigenvalue weighted by molar-refractivity contribution is 0.149. The zero-order chi connectivity index (χ0) is 12.4. The zero-order valence-electron chi connectivity index (χ0n) is 11.2. The highest BCUT2D eigenvalue weighted by atomic mass is 16.5. The Morgan fingerprint density at radius 2 is 2.44 bits per heavy atom. The summed E-state index contributed by atoms with van der Waals surface area (Å²) in [6.45, 7) is 5.97. The third-order valence-corrected chi connectivity index (χ3v) is 4.12. The monoisotopic (exact) mass is 249 g/mol. The van der Waals surface area contributed by atoms with Crippen molar-refractivity contribution in [3.8, 4) is 0 Å². The first-order valence-electron chi connectivity index (χ1n) is 7.12. The van der Waals surface area contributed by atoms with E-state index in [1.54, 1.807) is 0 Å². The Kier molecular flexibility index (Phi) is 3.39. The smallest absolute Gasteiger partial charge is 0.0538 e. The molecule has 1 aromatic rings. The van der Waals surface area contributed by atoms with Crippen molar-refractivity contribution in [2.24, 2.45) is 5.41 Å². The van der Waals surface area contributed by atoms with Crippen LogP contribution in [-0.4, -0.2) is 35.6 Å². The van der Waals surface area contributed by atoms with Crippen molar-refractivity contribution in [1.29, 1.82) is 0 Å². The maximum Gasteiger partial charge on any atom is 0.0538 e. The van der Waals surface area contributed by atoms with Gasteiger partial charge in [-0.2, -0.15) is 5.10 Å². The molecule has 0 radical (unpaired) electrons. The molecule has 100 valence electrons. The third-order valence-electron chi connectivity index (χ3n) is 4.12. The maximum atomic E-state index is 5.65. The first-order valence-corrected chi connectivity index (χ1v) is 7.12. The molecule has 3 rings (SSSR count). The minimum Gasteiger partial charge on any atom is -0.381 e. The van der Waals surface area contributed by atoms with Gasteiger partial charge in [0.05, 0.1) is 12.8 Å². The molecule has 0 spiro atoms. The molecule has 4 nitrogen and oxygen atoms in total. The molecule has 1 N–H and O–H groups in total. The summed E-state index contributed by atoms with van der Waals surface area (Å²) in [6, 6.07) is 0.779. The highest BCUT2D eigenvalue weighted by molar-refractivity contribution is 5.09. The van der Waals surface area contributed by atoms with Gasteiger partial charge in [-0.25, -0.2) is 0 Å². The second-order valence-corrected chi connectivity index (χ2v) is 5.84. The Bertz CT molecular complexity index is 391. The molecule has 1 aliphatic carbocycles. The normalized spacial score (nSPS) is 27.8. The molecular formula is C14H23N3O. The summed E-state index contributed by atoms with van der Waals surface area (Å²) >= 11 is 0. The van der Waals surface area contributed by atoms with E-state index in [4.69, 9.17) is 4.74 Å². The van der Waals surface area contributed by atoms with Crippen LogP contribution >= 0.6 is 0 Å². The molecule has 2 aliphatic rings. The van der Waals surface area contributed by atoms with Crippen LogP contribution in [0, 0.1) is 5.41 Å². The van der Waals surface area contributed by atoms with E-state index in [1.165, 1.54) is 24.8 Å². The van der Waals surface area contributed by atoms with Crippen LogP contribution in [0.1, 0.15) is 31.7 Å². The van der Waals surface area contributed by atoms with E-state index in [-0.39, 0.29) is 0 Å². The number of ether oxygens (including phenoxy) is 1. The van der Waals surface area contributed by atoms with Crippen LogP contribution in [0.15, 0.2) is 12.4 Å². The van der Waals surface area contributed by atoms with Crippen LogP contribution < -0.4 is 5.32 Å². The minimum absolute atomic E-state index is 0.296. The van der Waals surface area contributed by atoms with E-state index in [1.807, 2.05) is 10.9 Å². The lowest BCUT2D eigenvalue weighted by Crippen LogP contribution is -2.37. The van der Waals surface area contributed by atoms with Gasteiger partial charge in [0.2, 0.25) is 0 Å². The van der Waals surface area contributed by atoms with Gasteiger partial charge in [0.15, 0.2) is 0 Å². The molecule has 4 heteroatoms. The SMILES string of the molecule is CCn1cc(CC2(CNC3CC3)CCOC2)cn1. The summed E-state index contributed by atoms with van der Waals surface area (Å²) in [4.78, 5) is 0. The molecule has 1 saturated heterocycles. The van der Waals surface area contributed by atoms with Gasteiger partial charge in [0.25, 0.3) is 0 Å². The summed E-state index contributed by atoms with van der Waals surface area (Å²) in [5.41, 5.74) is 1.64. The molecule has 18 heavy (non-hydrogen) atoms. The summed E-state index contributed by atoms with van der Waals surface area (Å²) in [7, 11) is 0. The van der Waals surface area contributed by atoms with Crippen molar-refractivity contribution in [1.82, 2.24) is 15.1 Å². The number of hydrogen-bond acceptors (Lipinski definition) is 3. The van der Waals surface area contributed by atoms with Gasteiger partial charge in [0, 0.05) is 37.4 Å². The molecule has 1 saturated carbocycles. The quantitative estimate of drug-likeness (QED) is 0.832. The van der Waals surface area contributed by atoms with Gasteiger partial charge >= 0.3 is 0 Å². The van der Waals surface area contributed by atoms with E-state index in [9.17, 15) is 0 Å². The van der Waals surface area contributed by atoms with Crippen LogP contribution in [0.5, 0.6) is 0 Å². The predicted octanol–water partition coefficient (Wildman–Crippen LogP) is 1.60. The van der Waals surface area contributed by atoms with Gasteiger partial charge < -0.3 is 10.1 Å². The predicted molar refractivity (Wildman–Crippen MR) is 70.5 cm³/mol.